The van der Waals surface area contributed by atoms with E-state index in [0.717, 1.165) is 12.0 Å². The molecular weight excluding hydrogens is 210 g/mol. The molecule has 17 heavy (non-hydrogen) atoms. The zero-order valence-electron chi connectivity index (χ0n) is 10.9. The third kappa shape index (κ3) is 2.93. The minimum atomic E-state index is 0.301. The van der Waals surface area contributed by atoms with Crippen molar-refractivity contribution in [1.29, 1.82) is 0 Å². The molecule has 4 N–H and O–H groups in total. The van der Waals surface area contributed by atoms with Gasteiger partial charge < -0.3 is 16.4 Å². The van der Waals surface area contributed by atoms with Gasteiger partial charge in [0.15, 0.2) is 0 Å². The Morgan fingerprint density at radius 3 is 2.35 bits per heavy atom. The van der Waals surface area contributed by atoms with Gasteiger partial charge in [0.25, 0.3) is 0 Å². The number of hydrogen-bond acceptors (Lipinski definition) is 3. The monoisotopic (exact) mass is 233 g/mol. The van der Waals surface area contributed by atoms with Crippen LogP contribution in [0, 0.1) is 0 Å². The van der Waals surface area contributed by atoms with Crippen molar-refractivity contribution >= 4 is 0 Å². The topological polar surface area (TPSA) is 55.3 Å². The normalized spacial score (nSPS) is 18.7. The largest absolute Gasteiger partial charge is 0.399 e. The number of nitrogens with zero attached hydrogens (tertiary/aromatic N) is 1. The lowest BCUT2D eigenvalue weighted by Crippen LogP contribution is -2.29. The van der Waals surface area contributed by atoms with E-state index in [1.165, 1.54) is 12.8 Å². The molecule has 1 aliphatic carbocycles. The molecule has 0 unspecified atom stereocenters. The molecule has 1 fully saturated rings. The van der Waals surface area contributed by atoms with Crippen molar-refractivity contribution in [3.05, 3.63) is 48.5 Å². The molecule has 0 bridgehead atoms. The molecule has 3 heteroatoms. The number of nitrogens with two attached hydrogens (primary N) is 2. The van der Waals surface area contributed by atoms with Crippen molar-refractivity contribution < 1.29 is 0 Å². The smallest absolute Gasteiger partial charge is 0.0422 e. The first-order valence-electron chi connectivity index (χ1n) is 5.95. The minimum Gasteiger partial charge on any atom is -0.399 e. The molecule has 0 saturated heterocycles. The van der Waals surface area contributed by atoms with E-state index in [1.54, 1.807) is 12.2 Å². The first-order chi connectivity index (χ1) is 7.96. The van der Waals surface area contributed by atoms with Crippen LogP contribution in [0.4, 0.5) is 0 Å². The lowest BCUT2D eigenvalue weighted by atomic mass is 10.1. The van der Waals surface area contributed by atoms with E-state index >= 15 is 0 Å². The lowest BCUT2D eigenvalue weighted by molar-refractivity contribution is 0.296. The second-order valence-corrected chi connectivity index (χ2v) is 4.61. The average molecular weight is 233 g/mol. The standard InChI is InChI=1S/C14H23N3/c1-5-7-13(16)12(11(3)15)10-17(4)14(6-2)8-9-14/h5,7,10H,1,3,6,8-9,15-16H2,2,4H3/b12-10-,13-7+. The molecule has 1 aliphatic rings. The van der Waals surface area contributed by atoms with Crippen molar-refractivity contribution in [2.45, 2.75) is 31.7 Å². The number of hydrogen-bond donors (Lipinski definition) is 2. The summed E-state index contributed by atoms with van der Waals surface area (Å²) in [6.07, 6.45) is 8.98. The van der Waals surface area contributed by atoms with Crippen LogP contribution in [-0.4, -0.2) is 17.5 Å². The van der Waals surface area contributed by atoms with E-state index < -0.39 is 0 Å². The highest BCUT2D eigenvalue weighted by molar-refractivity contribution is 5.43. The van der Waals surface area contributed by atoms with E-state index in [4.69, 9.17) is 11.5 Å². The summed E-state index contributed by atoms with van der Waals surface area (Å²) in [5.74, 6) is 0. The predicted octanol–water partition coefficient (Wildman–Crippen LogP) is 2.25. The number of allylic oxidation sites excluding steroid dienone is 2. The Labute approximate surface area is 104 Å². The number of rotatable bonds is 6. The first kappa shape index (κ1) is 13.4. The molecule has 0 amide bonds. The summed E-state index contributed by atoms with van der Waals surface area (Å²) >= 11 is 0. The summed E-state index contributed by atoms with van der Waals surface area (Å²) in [5, 5.41) is 0. The molecule has 94 valence electrons. The quantitative estimate of drug-likeness (QED) is 0.692. The van der Waals surface area contributed by atoms with Crippen molar-refractivity contribution in [1.82, 2.24) is 4.90 Å². The van der Waals surface area contributed by atoms with Gasteiger partial charge in [0.2, 0.25) is 0 Å². The van der Waals surface area contributed by atoms with Crippen LogP contribution in [0.25, 0.3) is 0 Å². The highest BCUT2D eigenvalue weighted by Crippen LogP contribution is 2.44. The Hall–Kier alpha value is -1.64. The molecule has 0 atom stereocenters. The lowest BCUT2D eigenvalue weighted by Gasteiger charge is -2.27. The molecule has 0 aliphatic heterocycles. The highest BCUT2D eigenvalue weighted by Gasteiger charge is 2.43. The molecule has 0 aromatic heterocycles. The summed E-state index contributed by atoms with van der Waals surface area (Å²) in [5.41, 5.74) is 13.9. The van der Waals surface area contributed by atoms with Gasteiger partial charge >= 0.3 is 0 Å². The first-order valence-corrected chi connectivity index (χ1v) is 5.95. The maximum atomic E-state index is 5.94. The summed E-state index contributed by atoms with van der Waals surface area (Å²) < 4.78 is 0. The molecule has 0 aromatic rings. The summed E-state index contributed by atoms with van der Waals surface area (Å²) in [4.78, 5) is 2.21. The van der Waals surface area contributed by atoms with Gasteiger partial charge in [0.1, 0.15) is 0 Å². The van der Waals surface area contributed by atoms with Crippen LogP contribution >= 0.6 is 0 Å². The fourth-order valence-corrected chi connectivity index (χ4v) is 1.99. The van der Waals surface area contributed by atoms with Crippen LogP contribution in [0.3, 0.4) is 0 Å². The van der Waals surface area contributed by atoms with Gasteiger partial charge in [-0.25, -0.2) is 0 Å². The zero-order chi connectivity index (χ0) is 13.1. The highest BCUT2D eigenvalue weighted by atomic mass is 15.2. The van der Waals surface area contributed by atoms with Crippen LogP contribution in [0.5, 0.6) is 0 Å². The maximum absolute atomic E-state index is 5.94. The van der Waals surface area contributed by atoms with Crippen molar-refractivity contribution in [3.8, 4) is 0 Å². The molecule has 0 heterocycles. The Balaban J connectivity index is 2.95. The fraction of sp³-hybridized carbons (Fsp3) is 0.429. The predicted molar refractivity (Wildman–Crippen MR) is 73.9 cm³/mol. The van der Waals surface area contributed by atoms with Crippen LogP contribution in [0.15, 0.2) is 48.5 Å². The Kier molecular flexibility index (Phi) is 4.05. The van der Waals surface area contributed by atoms with Gasteiger partial charge in [-0.2, -0.15) is 0 Å². The third-order valence-electron chi connectivity index (χ3n) is 3.51. The average Bonchev–Trinajstić information content (AvgIpc) is 3.06. The van der Waals surface area contributed by atoms with Crippen molar-refractivity contribution in [3.63, 3.8) is 0 Å². The Morgan fingerprint density at radius 2 is 2.00 bits per heavy atom. The van der Waals surface area contributed by atoms with Crippen LogP contribution in [0.1, 0.15) is 26.2 Å². The molecular formula is C14H23N3. The summed E-state index contributed by atoms with van der Waals surface area (Å²) in [6.45, 7) is 9.60. The van der Waals surface area contributed by atoms with E-state index in [2.05, 4.69) is 32.0 Å². The SMILES string of the molecule is C=C/C=C(N)\C(=C/N(C)C1(CC)CC1)C(=C)N. The molecule has 0 radical (unpaired) electrons. The third-order valence-corrected chi connectivity index (χ3v) is 3.51. The summed E-state index contributed by atoms with van der Waals surface area (Å²) in [6, 6.07) is 0. The van der Waals surface area contributed by atoms with E-state index in [-0.39, 0.29) is 0 Å². The van der Waals surface area contributed by atoms with Gasteiger partial charge in [-0.05, 0) is 25.3 Å². The fourth-order valence-electron chi connectivity index (χ4n) is 1.99. The second-order valence-electron chi connectivity index (χ2n) is 4.61. The van der Waals surface area contributed by atoms with E-state index in [0.29, 0.717) is 16.9 Å². The van der Waals surface area contributed by atoms with E-state index in [1.807, 2.05) is 6.20 Å². The van der Waals surface area contributed by atoms with Gasteiger partial charge in [-0.15, -0.1) is 0 Å². The van der Waals surface area contributed by atoms with Gasteiger partial charge in [0, 0.05) is 35.8 Å². The van der Waals surface area contributed by atoms with Crippen LogP contribution in [0.2, 0.25) is 0 Å². The van der Waals surface area contributed by atoms with Crippen molar-refractivity contribution in [2.75, 3.05) is 7.05 Å². The van der Waals surface area contributed by atoms with E-state index in [9.17, 15) is 0 Å². The molecule has 1 rings (SSSR count). The molecule has 3 nitrogen and oxygen atoms in total. The molecule has 0 aromatic carbocycles. The van der Waals surface area contributed by atoms with Gasteiger partial charge in [-0.1, -0.05) is 26.2 Å². The zero-order valence-corrected chi connectivity index (χ0v) is 10.9. The van der Waals surface area contributed by atoms with Gasteiger partial charge in [-0.3, -0.25) is 0 Å². The summed E-state index contributed by atoms with van der Waals surface area (Å²) in [7, 11) is 2.07. The van der Waals surface area contributed by atoms with Gasteiger partial charge in [0.05, 0.1) is 0 Å². The minimum absolute atomic E-state index is 0.301. The Bertz CT molecular complexity index is 373. The van der Waals surface area contributed by atoms with Crippen LogP contribution in [-0.2, 0) is 0 Å². The second kappa shape index (κ2) is 5.13. The van der Waals surface area contributed by atoms with Crippen LogP contribution < -0.4 is 11.5 Å². The maximum Gasteiger partial charge on any atom is 0.0422 e. The van der Waals surface area contributed by atoms with Crippen molar-refractivity contribution in [2.24, 2.45) is 11.5 Å². The Morgan fingerprint density at radius 1 is 1.41 bits per heavy atom. The molecule has 0 spiro atoms. The molecule has 1 saturated carbocycles.